The molecule has 1 aromatic heterocycles. The van der Waals surface area contributed by atoms with E-state index in [1.54, 1.807) is 6.33 Å². The Hall–Kier alpha value is -0.980. The Morgan fingerprint density at radius 2 is 2.11 bits per heavy atom. The first-order valence-corrected chi connectivity index (χ1v) is 6.88. The first kappa shape index (κ1) is 14.4. The number of nitrogens with zero attached hydrogens (tertiary/aromatic N) is 4. The van der Waals surface area contributed by atoms with E-state index < -0.39 is 0 Å². The second-order valence-electron chi connectivity index (χ2n) is 5.60. The third kappa shape index (κ3) is 3.13. The van der Waals surface area contributed by atoms with E-state index in [9.17, 15) is 0 Å². The van der Waals surface area contributed by atoms with Crippen LogP contribution in [-0.4, -0.2) is 64.6 Å². The summed E-state index contributed by atoms with van der Waals surface area (Å²) in [5, 5.41) is 7.58. The molecule has 0 amide bonds. The Morgan fingerprint density at radius 3 is 2.63 bits per heavy atom. The number of morpholine rings is 1. The van der Waals surface area contributed by atoms with Crippen molar-refractivity contribution < 1.29 is 4.74 Å². The molecule has 0 bridgehead atoms. The molecular weight excluding hydrogens is 242 g/mol. The monoisotopic (exact) mass is 267 g/mol. The van der Waals surface area contributed by atoms with Crippen LogP contribution in [0.5, 0.6) is 0 Å². The smallest absolute Gasteiger partial charge is 0.138 e. The van der Waals surface area contributed by atoms with Gasteiger partial charge in [-0.2, -0.15) is 5.10 Å². The van der Waals surface area contributed by atoms with Crippen molar-refractivity contribution in [2.75, 3.05) is 33.4 Å². The number of ether oxygens (including phenoxy) is 1. The SMILES string of the molecule is CNC(Cc1ncnn1C)C(C)(C)N1CCOCC1. The Balaban J connectivity index is 2.08. The van der Waals surface area contributed by atoms with Crippen molar-refractivity contribution in [3.63, 3.8) is 0 Å². The van der Waals surface area contributed by atoms with Gasteiger partial charge in [-0.05, 0) is 20.9 Å². The molecule has 1 atom stereocenters. The highest BCUT2D eigenvalue weighted by Crippen LogP contribution is 2.22. The van der Waals surface area contributed by atoms with Crippen LogP contribution in [0.25, 0.3) is 0 Å². The Bertz CT molecular complexity index is 397. The molecule has 1 N–H and O–H groups in total. The van der Waals surface area contributed by atoms with Gasteiger partial charge in [0.05, 0.1) is 13.2 Å². The van der Waals surface area contributed by atoms with Crippen LogP contribution in [0.3, 0.4) is 0 Å². The molecule has 0 spiro atoms. The van der Waals surface area contributed by atoms with Crippen molar-refractivity contribution >= 4 is 0 Å². The molecule has 1 saturated heterocycles. The Kier molecular flexibility index (Phi) is 4.54. The van der Waals surface area contributed by atoms with Gasteiger partial charge in [0.25, 0.3) is 0 Å². The molecular formula is C13H25N5O. The minimum absolute atomic E-state index is 0.0600. The summed E-state index contributed by atoms with van der Waals surface area (Å²) in [7, 11) is 3.96. The lowest BCUT2D eigenvalue weighted by Crippen LogP contribution is -2.60. The molecule has 6 nitrogen and oxygen atoms in total. The largest absolute Gasteiger partial charge is 0.379 e. The fraction of sp³-hybridized carbons (Fsp3) is 0.846. The predicted molar refractivity (Wildman–Crippen MR) is 74.0 cm³/mol. The lowest BCUT2D eigenvalue weighted by Gasteiger charge is -2.45. The fourth-order valence-corrected chi connectivity index (χ4v) is 2.75. The van der Waals surface area contributed by atoms with Gasteiger partial charge in [0.15, 0.2) is 0 Å². The summed E-state index contributed by atoms with van der Waals surface area (Å²) in [4.78, 5) is 6.82. The topological polar surface area (TPSA) is 55.2 Å². The quantitative estimate of drug-likeness (QED) is 0.817. The minimum Gasteiger partial charge on any atom is -0.379 e. The van der Waals surface area contributed by atoms with Gasteiger partial charge in [0.2, 0.25) is 0 Å². The second kappa shape index (κ2) is 5.98. The molecule has 1 aliphatic rings. The predicted octanol–water partition coefficient (Wildman–Crippen LogP) is 0.0564. The first-order chi connectivity index (χ1) is 9.05. The zero-order valence-electron chi connectivity index (χ0n) is 12.4. The summed E-state index contributed by atoms with van der Waals surface area (Å²) in [6.45, 7) is 8.20. The van der Waals surface area contributed by atoms with Crippen LogP contribution in [0.1, 0.15) is 19.7 Å². The number of aryl methyl sites for hydroxylation is 1. The van der Waals surface area contributed by atoms with Crippen molar-refractivity contribution in [2.45, 2.75) is 31.8 Å². The van der Waals surface area contributed by atoms with Gasteiger partial charge in [-0.3, -0.25) is 9.58 Å². The molecule has 2 heterocycles. The van der Waals surface area contributed by atoms with Crippen LogP contribution in [0, 0.1) is 0 Å². The number of nitrogens with one attached hydrogen (secondary N) is 1. The van der Waals surface area contributed by atoms with E-state index in [1.165, 1.54) is 0 Å². The fourth-order valence-electron chi connectivity index (χ4n) is 2.75. The van der Waals surface area contributed by atoms with Crippen molar-refractivity contribution in [1.29, 1.82) is 0 Å². The maximum Gasteiger partial charge on any atom is 0.138 e. The van der Waals surface area contributed by atoms with Crippen LogP contribution in [0.4, 0.5) is 0 Å². The lowest BCUT2D eigenvalue weighted by atomic mass is 9.89. The summed E-state index contributed by atoms with van der Waals surface area (Å²) >= 11 is 0. The van der Waals surface area contributed by atoms with Crippen molar-refractivity contribution in [1.82, 2.24) is 25.0 Å². The third-order valence-corrected chi connectivity index (χ3v) is 4.22. The molecule has 0 aliphatic carbocycles. The maximum absolute atomic E-state index is 5.44. The standard InChI is InChI=1S/C13H25N5O/c1-13(2,18-5-7-19-8-6-18)11(14-3)9-12-15-10-16-17(12)4/h10-11,14H,5-9H2,1-4H3. The average molecular weight is 267 g/mol. The molecule has 1 fully saturated rings. The minimum atomic E-state index is 0.0600. The van der Waals surface area contributed by atoms with E-state index in [0.717, 1.165) is 38.5 Å². The molecule has 0 aromatic carbocycles. The summed E-state index contributed by atoms with van der Waals surface area (Å²) in [6.07, 6.45) is 2.49. The van der Waals surface area contributed by atoms with Crippen LogP contribution in [0.2, 0.25) is 0 Å². The van der Waals surface area contributed by atoms with E-state index in [4.69, 9.17) is 4.74 Å². The maximum atomic E-state index is 5.44. The zero-order chi connectivity index (χ0) is 13.9. The molecule has 6 heteroatoms. The average Bonchev–Trinajstić information content (AvgIpc) is 2.82. The van der Waals surface area contributed by atoms with Crippen LogP contribution < -0.4 is 5.32 Å². The van der Waals surface area contributed by atoms with E-state index in [1.807, 2.05) is 18.8 Å². The molecule has 0 radical (unpaired) electrons. The first-order valence-electron chi connectivity index (χ1n) is 6.88. The van der Waals surface area contributed by atoms with Gasteiger partial charge in [0, 0.05) is 38.1 Å². The van der Waals surface area contributed by atoms with Crippen molar-refractivity contribution in [2.24, 2.45) is 7.05 Å². The van der Waals surface area contributed by atoms with Crippen LogP contribution in [-0.2, 0) is 18.2 Å². The number of hydrogen-bond donors (Lipinski definition) is 1. The van der Waals surface area contributed by atoms with E-state index >= 15 is 0 Å². The van der Waals surface area contributed by atoms with Crippen molar-refractivity contribution in [3.05, 3.63) is 12.2 Å². The molecule has 2 rings (SSSR count). The highest BCUT2D eigenvalue weighted by Gasteiger charge is 2.36. The van der Waals surface area contributed by atoms with Gasteiger partial charge in [0.1, 0.15) is 12.2 Å². The van der Waals surface area contributed by atoms with Gasteiger partial charge < -0.3 is 10.1 Å². The highest BCUT2D eigenvalue weighted by molar-refractivity contribution is 5.00. The number of rotatable bonds is 5. The summed E-state index contributed by atoms with van der Waals surface area (Å²) in [6, 6.07) is 0.327. The number of likely N-dealkylation sites (N-methyl/N-ethyl adjacent to an activating group) is 1. The summed E-state index contributed by atoms with van der Waals surface area (Å²) in [5.41, 5.74) is 0.0600. The summed E-state index contributed by atoms with van der Waals surface area (Å²) < 4.78 is 7.29. The molecule has 19 heavy (non-hydrogen) atoms. The van der Waals surface area contributed by atoms with Gasteiger partial charge in [-0.25, -0.2) is 4.98 Å². The Morgan fingerprint density at radius 1 is 1.42 bits per heavy atom. The lowest BCUT2D eigenvalue weighted by molar-refractivity contribution is -0.0226. The Labute approximate surface area is 115 Å². The number of aromatic nitrogens is 3. The van der Waals surface area contributed by atoms with Crippen LogP contribution >= 0.6 is 0 Å². The van der Waals surface area contributed by atoms with E-state index in [0.29, 0.717) is 6.04 Å². The van der Waals surface area contributed by atoms with Gasteiger partial charge in [-0.1, -0.05) is 0 Å². The third-order valence-electron chi connectivity index (χ3n) is 4.22. The molecule has 1 unspecified atom stereocenters. The van der Waals surface area contributed by atoms with Gasteiger partial charge >= 0.3 is 0 Å². The molecule has 108 valence electrons. The van der Waals surface area contributed by atoms with E-state index in [2.05, 4.69) is 34.1 Å². The normalized spacial score (nSPS) is 19.6. The van der Waals surface area contributed by atoms with E-state index in [-0.39, 0.29) is 5.54 Å². The number of hydrogen-bond acceptors (Lipinski definition) is 5. The molecule has 1 aromatic rings. The van der Waals surface area contributed by atoms with Gasteiger partial charge in [-0.15, -0.1) is 0 Å². The molecule has 1 aliphatic heterocycles. The zero-order valence-corrected chi connectivity index (χ0v) is 12.4. The molecule has 0 saturated carbocycles. The second-order valence-corrected chi connectivity index (χ2v) is 5.60. The summed E-state index contributed by atoms with van der Waals surface area (Å²) in [5.74, 6) is 1.01. The van der Waals surface area contributed by atoms with Crippen LogP contribution in [0.15, 0.2) is 6.33 Å². The van der Waals surface area contributed by atoms with Crippen molar-refractivity contribution in [3.8, 4) is 0 Å². The highest BCUT2D eigenvalue weighted by atomic mass is 16.5.